The van der Waals surface area contributed by atoms with E-state index in [4.69, 9.17) is 0 Å². The second-order valence-corrected chi connectivity index (χ2v) is 7.52. The van der Waals surface area contributed by atoms with Crippen molar-refractivity contribution in [1.82, 2.24) is 14.9 Å². The lowest BCUT2D eigenvalue weighted by molar-refractivity contribution is -0.141. The minimum Gasteiger partial charge on any atom is -0.329 e. The molecule has 0 aliphatic carbocycles. The van der Waals surface area contributed by atoms with Crippen molar-refractivity contribution in [3.8, 4) is 0 Å². The Hall–Kier alpha value is -2.48. The molecule has 0 spiro atoms. The Morgan fingerprint density at radius 1 is 1.15 bits per heavy atom. The van der Waals surface area contributed by atoms with Crippen molar-refractivity contribution in [2.75, 3.05) is 6.54 Å². The summed E-state index contributed by atoms with van der Waals surface area (Å²) < 4.78 is 39.1. The molecule has 1 aliphatic rings. The maximum atomic E-state index is 12.9. The van der Waals surface area contributed by atoms with E-state index < -0.39 is 11.9 Å². The van der Waals surface area contributed by atoms with Gasteiger partial charge in [-0.2, -0.15) is 13.2 Å². The van der Waals surface area contributed by atoms with Crippen molar-refractivity contribution >= 4 is 27.5 Å². The monoisotopic (exact) mass is 391 g/mol. The number of alkyl halides is 3. The topological polar surface area (TPSA) is 46.1 Å². The second-order valence-electron chi connectivity index (χ2n) is 6.46. The zero-order valence-electron chi connectivity index (χ0n) is 14.2. The Labute approximate surface area is 157 Å². The van der Waals surface area contributed by atoms with Gasteiger partial charge in [-0.1, -0.05) is 12.1 Å². The Kier molecular flexibility index (Phi) is 4.59. The number of likely N-dealkylation sites (tertiary alicyclic amines) is 1. The molecule has 0 radical (unpaired) electrons. The average Bonchev–Trinajstić information content (AvgIpc) is 3.11. The third-order valence-electron chi connectivity index (χ3n) is 4.66. The van der Waals surface area contributed by atoms with Gasteiger partial charge in [0, 0.05) is 12.7 Å². The van der Waals surface area contributed by atoms with Gasteiger partial charge in [0.15, 0.2) is 0 Å². The zero-order chi connectivity index (χ0) is 19.0. The maximum Gasteiger partial charge on any atom is 0.433 e. The number of benzene rings is 1. The van der Waals surface area contributed by atoms with E-state index in [1.807, 2.05) is 24.3 Å². The summed E-state index contributed by atoms with van der Waals surface area (Å²) in [6.45, 7) is 0.556. The lowest BCUT2D eigenvalue weighted by Gasteiger charge is -2.34. The smallest absolute Gasteiger partial charge is 0.329 e. The van der Waals surface area contributed by atoms with Crippen LogP contribution in [0.3, 0.4) is 0 Å². The molecule has 3 aromatic rings. The molecule has 2 aromatic heterocycles. The molecule has 0 N–H and O–H groups in total. The van der Waals surface area contributed by atoms with Crippen LogP contribution < -0.4 is 0 Å². The molecular formula is C19H16F3N3OS. The Balaban J connectivity index is 1.62. The number of para-hydroxylation sites is 1. The number of nitrogens with zero attached hydrogens (tertiary/aromatic N) is 3. The van der Waals surface area contributed by atoms with Crippen LogP contribution in [0, 0.1) is 0 Å². The molecule has 0 saturated carbocycles. The van der Waals surface area contributed by atoms with Crippen LogP contribution >= 0.6 is 11.3 Å². The number of carbonyl (C=O) groups is 1. The first-order valence-corrected chi connectivity index (χ1v) is 9.45. The predicted molar refractivity (Wildman–Crippen MR) is 96.5 cm³/mol. The lowest BCUT2D eigenvalue weighted by Crippen LogP contribution is -2.38. The Morgan fingerprint density at radius 3 is 2.67 bits per heavy atom. The predicted octanol–water partition coefficient (Wildman–Crippen LogP) is 5.08. The van der Waals surface area contributed by atoms with E-state index in [0.717, 1.165) is 46.7 Å². The molecule has 0 bridgehead atoms. The number of rotatable bonds is 2. The molecule has 8 heteroatoms. The summed E-state index contributed by atoms with van der Waals surface area (Å²) >= 11 is 1.56. The average molecular weight is 391 g/mol. The quantitative estimate of drug-likeness (QED) is 0.612. The fourth-order valence-corrected chi connectivity index (χ4v) is 4.43. The van der Waals surface area contributed by atoms with Gasteiger partial charge in [-0.05, 0) is 43.5 Å². The largest absolute Gasteiger partial charge is 0.433 e. The molecule has 4 nitrogen and oxygen atoms in total. The third-order valence-corrected chi connectivity index (χ3v) is 5.80. The fraction of sp³-hybridized carbons (Fsp3) is 0.316. The van der Waals surface area contributed by atoms with Crippen LogP contribution in [0.2, 0.25) is 0 Å². The fourth-order valence-electron chi connectivity index (χ4n) is 3.32. The molecule has 1 unspecified atom stereocenters. The van der Waals surface area contributed by atoms with Gasteiger partial charge in [0.25, 0.3) is 5.91 Å². The summed E-state index contributed by atoms with van der Waals surface area (Å²) in [7, 11) is 0. The molecule has 1 atom stereocenters. The second kappa shape index (κ2) is 6.92. The van der Waals surface area contributed by atoms with E-state index in [1.165, 1.54) is 6.07 Å². The van der Waals surface area contributed by atoms with Crippen LogP contribution in [-0.4, -0.2) is 27.3 Å². The van der Waals surface area contributed by atoms with Gasteiger partial charge in [0.2, 0.25) is 0 Å². The number of halogens is 3. The summed E-state index contributed by atoms with van der Waals surface area (Å²) in [6, 6.07) is 9.68. The van der Waals surface area contributed by atoms with Gasteiger partial charge in [0.1, 0.15) is 10.7 Å². The van der Waals surface area contributed by atoms with Gasteiger partial charge in [-0.3, -0.25) is 9.78 Å². The number of carbonyl (C=O) groups excluding carboxylic acids is 1. The SMILES string of the molecule is O=C(c1ccc(C(F)(F)F)nc1)N1CCCCC1c1nc2ccccc2s1. The van der Waals surface area contributed by atoms with E-state index in [2.05, 4.69) is 9.97 Å². The van der Waals surface area contributed by atoms with E-state index in [-0.39, 0.29) is 17.5 Å². The molecule has 1 saturated heterocycles. The van der Waals surface area contributed by atoms with Crippen LogP contribution in [0.5, 0.6) is 0 Å². The molecule has 3 heterocycles. The van der Waals surface area contributed by atoms with Crippen LogP contribution in [0.4, 0.5) is 13.2 Å². The Morgan fingerprint density at radius 2 is 1.96 bits per heavy atom. The molecule has 1 aliphatic heterocycles. The van der Waals surface area contributed by atoms with E-state index in [1.54, 1.807) is 16.2 Å². The molecular weight excluding hydrogens is 375 g/mol. The van der Waals surface area contributed by atoms with Gasteiger partial charge in [-0.15, -0.1) is 11.3 Å². The standard InChI is InChI=1S/C19H16F3N3OS/c20-19(21,22)16-9-8-12(11-23-16)18(26)25-10-4-3-6-14(25)17-24-13-5-1-2-7-15(13)27-17/h1-2,5,7-9,11,14H,3-4,6,10H2. The van der Waals surface area contributed by atoms with Crippen molar-refractivity contribution in [2.45, 2.75) is 31.5 Å². The van der Waals surface area contributed by atoms with E-state index >= 15 is 0 Å². The molecule has 4 rings (SSSR count). The summed E-state index contributed by atoms with van der Waals surface area (Å²) in [5.74, 6) is -0.305. The molecule has 1 aromatic carbocycles. The van der Waals surface area contributed by atoms with Gasteiger partial charge in [0.05, 0.1) is 21.8 Å². The summed E-state index contributed by atoms with van der Waals surface area (Å²) in [6.07, 6.45) is -0.873. The summed E-state index contributed by atoms with van der Waals surface area (Å²) in [5, 5.41) is 0.865. The van der Waals surface area contributed by atoms with Gasteiger partial charge in [-0.25, -0.2) is 4.98 Å². The van der Waals surface area contributed by atoms with E-state index in [9.17, 15) is 18.0 Å². The first kappa shape index (κ1) is 17.9. The lowest BCUT2D eigenvalue weighted by atomic mass is 10.0. The zero-order valence-corrected chi connectivity index (χ0v) is 15.1. The minimum atomic E-state index is -4.52. The highest BCUT2D eigenvalue weighted by Crippen LogP contribution is 2.36. The van der Waals surface area contributed by atoms with E-state index in [0.29, 0.717) is 6.54 Å². The van der Waals surface area contributed by atoms with Gasteiger partial charge >= 0.3 is 6.18 Å². The molecule has 140 valence electrons. The number of fused-ring (bicyclic) bond motifs is 1. The highest BCUT2D eigenvalue weighted by Gasteiger charge is 2.34. The Bertz CT molecular complexity index is 935. The minimum absolute atomic E-state index is 0.161. The van der Waals surface area contributed by atoms with Crippen LogP contribution in [0.15, 0.2) is 42.6 Å². The van der Waals surface area contributed by atoms with Gasteiger partial charge < -0.3 is 4.90 Å². The normalized spacial score (nSPS) is 18.0. The molecule has 1 fully saturated rings. The van der Waals surface area contributed by atoms with Crippen molar-refractivity contribution in [1.29, 1.82) is 0 Å². The molecule has 1 amide bonds. The first-order valence-electron chi connectivity index (χ1n) is 8.63. The summed E-state index contributed by atoms with van der Waals surface area (Å²) in [5.41, 5.74) is 0.0584. The number of hydrogen-bond acceptors (Lipinski definition) is 4. The van der Waals surface area contributed by atoms with Crippen molar-refractivity contribution in [3.63, 3.8) is 0 Å². The molecule has 27 heavy (non-hydrogen) atoms. The maximum absolute atomic E-state index is 12.9. The highest BCUT2D eigenvalue weighted by molar-refractivity contribution is 7.18. The number of pyridine rings is 1. The summed E-state index contributed by atoms with van der Waals surface area (Å²) in [4.78, 5) is 22.7. The highest BCUT2D eigenvalue weighted by atomic mass is 32.1. The third kappa shape index (κ3) is 3.53. The van der Waals surface area contributed by atoms with Crippen LogP contribution in [0.1, 0.15) is 46.4 Å². The number of hydrogen-bond donors (Lipinski definition) is 0. The van der Waals surface area contributed by atoms with Crippen molar-refractivity contribution < 1.29 is 18.0 Å². The van der Waals surface area contributed by atoms with Crippen LogP contribution in [-0.2, 0) is 6.18 Å². The van der Waals surface area contributed by atoms with Crippen molar-refractivity contribution in [2.24, 2.45) is 0 Å². The number of amides is 1. The van der Waals surface area contributed by atoms with Crippen LogP contribution in [0.25, 0.3) is 10.2 Å². The van der Waals surface area contributed by atoms with Crippen molar-refractivity contribution in [3.05, 3.63) is 58.9 Å². The number of piperidine rings is 1. The number of aromatic nitrogens is 2. The number of thiazole rings is 1. The first-order chi connectivity index (χ1) is 12.9.